The average Bonchev–Trinajstić information content (AvgIpc) is 3.18. The third kappa shape index (κ3) is 3.51. The summed E-state index contributed by atoms with van der Waals surface area (Å²) in [6.45, 7) is 1.81. The first kappa shape index (κ1) is 21.5. The molecule has 6 nitrogen and oxygen atoms in total. The minimum atomic E-state index is -0.00456. The second kappa shape index (κ2) is 8.51. The lowest BCUT2D eigenvalue weighted by atomic mass is 9.72. The number of ether oxygens (including phenoxy) is 2. The first-order valence-electron chi connectivity index (χ1n) is 10.8. The Morgan fingerprint density at radius 2 is 1.72 bits per heavy atom. The fourth-order valence-corrected chi connectivity index (χ4v) is 5.45. The van der Waals surface area contributed by atoms with Gasteiger partial charge in [-0.1, -0.05) is 6.07 Å². The molecule has 0 bridgehead atoms. The third-order valence-corrected chi connectivity index (χ3v) is 7.43. The standard InChI is InChI=1S/C25H26IN3O3/c1-28-12-11-15-13-19-22(25(30)18(15)14-28)24(23-20(31-2)5-4-6-21(23)32-3)27-29(19)17-9-7-16(26)8-10-17/h4-10,15,18H,11-14H2,1-3H3. The third-order valence-electron chi connectivity index (χ3n) is 6.71. The Kier molecular flexibility index (Phi) is 5.71. The molecule has 2 aromatic carbocycles. The predicted octanol–water partition coefficient (Wildman–Crippen LogP) is 4.47. The largest absolute Gasteiger partial charge is 0.496 e. The normalized spacial score (nSPS) is 20.6. The molecule has 0 saturated carbocycles. The van der Waals surface area contributed by atoms with Crippen LogP contribution < -0.4 is 9.47 Å². The summed E-state index contributed by atoms with van der Waals surface area (Å²) in [5.74, 6) is 1.82. The fraction of sp³-hybridized carbons (Fsp3) is 0.360. The van der Waals surface area contributed by atoms with E-state index in [9.17, 15) is 4.79 Å². The highest BCUT2D eigenvalue weighted by Gasteiger charge is 2.43. The predicted molar refractivity (Wildman–Crippen MR) is 132 cm³/mol. The van der Waals surface area contributed by atoms with Gasteiger partial charge in [0.1, 0.15) is 17.2 Å². The van der Waals surface area contributed by atoms with Gasteiger partial charge in [0, 0.05) is 16.0 Å². The number of hydrogen-bond donors (Lipinski definition) is 0. The molecule has 3 aromatic rings. The van der Waals surface area contributed by atoms with Gasteiger partial charge in [0.2, 0.25) is 0 Å². The zero-order valence-electron chi connectivity index (χ0n) is 18.5. The SMILES string of the molecule is COc1cccc(OC)c1-c1nn(-c2ccc(I)cc2)c2c1C(=O)C1CN(C)CCC1C2. The molecule has 1 fully saturated rings. The monoisotopic (exact) mass is 543 g/mol. The molecule has 0 amide bonds. The van der Waals surface area contributed by atoms with E-state index < -0.39 is 0 Å². The average molecular weight is 543 g/mol. The highest BCUT2D eigenvalue weighted by Crippen LogP contribution is 2.45. The van der Waals surface area contributed by atoms with E-state index in [-0.39, 0.29) is 11.7 Å². The van der Waals surface area contributed by atoms with Crippen LogP contribution in [-0.4, -0.2) is 54.8 Å². The van der Waals surface area contributed by atoms with Crippen molar-refractivity contribution in [3.63, 3.8) is 0 Å². The van der Waals surface area contributed by atoms with E-state index in [1.165, 1.54) is 0 Å². The second-order valence-corrected chi connectivity index (χ2v) is 9.83. The second-order valence-electron chi connectivity index (χ2n) is 8.58. The van der Waals surface area contributed by atoms with E-state index in [0.29, 0.717) is 28.7 Å². The summed E-state index contributed by atoms with van der Waals surface area (Å²) in [4.78, 5) is 16.2. The van der Waals surface area contributed by atoms with Gasteiger partial charge in [0.25, 0.3) is 0 Å². The van der Waals surface area contributed by atoms with Crippen molar-refractivity contribution in [2.24, 2.45) is 11.8 Å². The number of aromatic nitrogens is 2. The molecule has 7 heteroatoms. The molecule has 2 aliphatic rings. The first-order chi connectivity index (χ1) is 15.5. The van der Waals surface area contributed by atoms with E-state index in [0.717, 1.165) is 46.4 Å². The molecule has 166 valence electrons. The summed E-state index contributed by atoms with van der Waals surface area (Å²) in [7, 11) is 5.36. The topological polar surface area (TPSA) is 56.6 Å². The molecule has 0 spiro atoms. The van der Waals surface area contributed by atoms with Crippen LogP contribution in [0.1, 0.15) is 22.5 Å². The van der Waals surface area contributed by atoms with Crippen LogP contribution in [0.5, 0.6) is 11.5 Å². The molecule has 32 heavy (non-hydrogen) atoms. The van der Waals surface area contributed by atoms with Crippen molar-refractivity contribution in [1.82, 2.24) is 14.7 Å². The smallest absolute Gasteiger partial charge is 0.171 e. The summed E-state index contributed by atoms with van der Waals surface area (Å²) >= 11 is 2.30. The molecule has 1 aliphatic heterocycles. The number of ketones is 1. The summed E-state index contributed by atoms with van der Waals surface area (Å²) < 4.78 is 14.5. The van der Waals surface area contributed by atoms with Crippen LogP contribution in [0.4, 0.5) is 0 Å². The summed E-state index contributed by atoms with van der Waals surface area (Å²) in [5, 5.41) is 5.03. The number of fused-ring (bicyclic) bond motifs is 2. The Balaban J connectivity index is 1.76. The molecule has 5 rings (SSSR count). The number of carbonyl (C=O) groups is 1. The number of rotatable bonds is 4. The number of benzene rings is 2. The van der Waals surface area contributed by atoms with Crippen molar-refractivity contribution in [3.8, 4) is 28.4 Å². The minimum absolute atomic E-state index is 0.00456. The Morgan fingerprint density at radius 3 is 2.38 bits per heavy atom. The van der Waals surface area contributed by atoms with Crippen LogP contribution in [0.25, 0.3) is 16.9 Å². The number of halogens is 1. The molecule has 1 saturated heterocycles. The fourth-order valence-electron chi connectivity index (χ4n) is 5.09. The van der Waals surface area contributed by atoms with Crippen molar-refractivity contribution in [2.45, 2.75) is 12.8 Å². The molecule has 0 N–H and O–H groups in total. The highest BCUT2D eigenvalue weighted by molar-refractivity contribution is 14.1. The number of nitrogens with zero attached hydrogens (tertiary/aromatic N) is 3. The minimum Gasteiger partial charge on any atom is -0.496 e. The van der Waals surface area contributed by atoms with Crippen LogP contribution in [-0.2, 0) is 6.42 Å². The first-order valence-corrected chi connectivity index (χ1v) is 11.9. The van der Waals surface area contributed by atoms with E-state index >= 15 is 0 Å². The molecular formula is C25H26IN3O3. The van der Waals surface area contributed by atoms with E-state index in [2.05, 4.69) is 58.8 Å². The van der Waals surface area contributed by atoms with Crippen molar-refractivity contribution >= 4 is 28.4 Å². The lowest BCUT2D eigenvalue weighted by Gasteiger charge is -2.38. The maximum absolute atomic E-state index is 13.9. The number of piperidine rings is 1. The maximum atomic E-state index is 13.9. The zero-order chi connectivity index (χ0) is 22.4. The van der Waals surface area contributed by atoms with Crippen LogP contribution in [0, 0.1) is 15.4 Å². The van der Waals surface area contributed by atoms with Gasteiger partial charge >= 0.3 is 0 Å². The molecular weight excluding hydrogens is 517 g/mol. The van der Waals surface area contributed by atoms with Crippen molar-refractivity contribution in [3.05, 3.63) is 57.3 Å². The van der Waals surface area contributed by atoms with E-state index in [1.807, 2.05) is 22.9 Å². The molecule has 1 aliphatic carbocycles. The van der Waals surface area contributed by atoms with Gasteiger partial charge in [-0.2, -0.15) is 5.10 Å². The van der Waals surface area contributed by atoms with Gasteiger partial charge < -0.3 is 14.4 Å². The van der Waals surface area contributed by atoms with Crippen molar-refractivity contribution < 1.29 is 14.3 Å². The maximum Gasteiger partial charge on any atom is 0.171 e. The zero-order valence-corrected chi connectivity index (χ0v) is 20.6. The van der Waals surface area contributed by atoms with Crippen LogP contribution in [0.15, 0.2) is 42.5 Å². The van der Waals surface area contributed by atoms with Crippen LogP contribution in [0.3, 0.4) is 0 Å². The number of carbonyl (C=O) groups excluding carboxylic acids is 1. The van der Waals surface area contributed by atoms with Gasteiger partial charge in [-0.05, 0) is 91.3 Å². The van der Waals surface area contributed by atoms with Crippen LogP contribution in [0.2, 0.25) is 0 Å². The Bertz CT molecular complexity index is 1150. The Labute approximate surface area is 201 Å². The summed E-state index contributed by atoms with van der Waals surface area (Å²) in [5.41, 5.74) is 4.03. The van der Waals surface area contributed by atoms with Crippen molar-refractivity contribution in [2.75, 3.05) is 34.4 Å². The van der Waals surface area contributed by atoms with Gasteiger partial charge in [-0.3, -0.25) is 4.79 Å². The summed E-state index contributed by atoms with van der Waals surface area (Å²) in [6, 6.07) is 13.9. The molecule has 2 heterocycles. The molecule has 2 unspecified atom stereocenters. The molecule has 2 atom stereocenters. The number of Topliss-reactive ketones (excluding diaryl/α,β-unsaturated/α-hetero) is 1. The number of hydrogen-bond acceptors (Lipinski definition) is 5. The van der Waals surface area contributed by atoms with Crippen molar-refractivity contribution in [1.29, 1.82) is 0 Å². The molecule has 0 radical (unpaired) electrons. The summed E-state index contributed by atoms with van der Waals surface area (Å²) in [6.07, 6.45) is 1.87. The molecule has 1 aromatic heterocycles. The van der Waals surface area contributed by atoms with Gasteiger partial charge in [0.15, 0.2) is 5.78 Å². The Hall–Kier alpha value is -2.39. The number of likely N-dealkylation sites (tertiary alicyclic amines) is 1. The lowest BCUT2D eigenvalue weighted by molar-refractivity contribution is 0.0705. The van der Waals surface area contributed by atoms with Gasteiger partial charge in [0.05, 0.1) is 36.7 Å². The van der Waals surface area contributed by atoms with E-state index in [4.69, 9.17) is 14.6 Å². The van der Waals surface area contributed by atoms with Crippen LogP contribution >= 0.6 is 22.6 Å². The number of methoxy groups -OCH3 is 2. The Morgan fingerprint density at radius 1 is 1.03 bits per heavy atom. The van der Waals surface area contributed by atoms with Gasteiger partial charge in [-0.25, -0.2) is 4.68 Å². The lowest BCUT2D eigenvalue weighted by Crippen LogP contribution is -2.45. The highest BCUT2D eigenvalue weighted by atomic mass is 127. The van der Waals surface area contributed by atoms with Gasteiger partial charge in [-0.15, -0.1) is 0 Å². The van der Waals surface area contributed by atoms with E-state index in [1.54, 1.807) is 14.2 Å². The quantitative estimate of drug-likeness (QED) is 0.455.